The molecule has 160 valence electrons. The number of alkyl halides is 3. The molecule has 0 aliphatic carbocycles. The maximum absolute atomic E-state index is 12.9. The van der Waals surface area contributed by atoms with Crippen LogP contribution in [0.4, 0.5) is 18.9 Å². The molecule has 0 spiro atoms. The molecule has 31 heavy (non-hydrogen) atoms. The van der Waals surface area contributed by atoms with E-state index in [0.29, 0.717) is 0 Å². The van der Waals surface area contributed by atoms with Crippen molar-refractivity contribution in [2.45, 2.75) is 12.9 Å². The lowest BCUT2D eigenvalue weighted by molar-refractivity contribution is -0.274. The van der Waals surface area contributed by atoms with E-state index in [1.54, 1.807) is 19.3 Å². The van der Waals surface area contributed by atoms with Gasteiger partial charge in [0.05, 0.1) is 23.9 Å². The van der Waals surface area contributed by atoms with Gasteiger partial charge in [-0.2, -0.15) is 0 Å². The van der Waals surface area contributed by atoms with Crippen LogP contribution in [-0.4, -0.2) is 32.6 Å². The molecule has 0 unspecified atom stereocenters. The molecule has 2 aromatic carbocycles. The van der Waals surface area contributed by atoms with Crippen molar-refractivity contribution in [3.8, 4) is 17.3 Å². The number of nitrogens with zero attached hydrogens (tertiary/aromatic N) is 3. The van der Waals surface area contributed by atoms with Crippen molar-refractivity contribution in [1.29, 1.82) is 0 Å². The number of ether oxygens (including phenoxy) is 1. The van der Waals surface area contributed by atoms with Crippen LogP contribution < -0.4 is 15.7 Å². The lowest BCUT2D eigenvalue weighted by Gasteiger charge is -2.10. The van der Waals surface area contributed by atoms with Gasteiger partial charge >= 0.3 is 12.1 Å². The Morgan fingerprint density at radius 3 is 2.55 bits per heavy atom. The molecule has 4 rings (SSSR count). The van der Waals surface area contributed by atoms with E-state index in [2.05, 4.69) is 15.0 Å². The second-order valence-corrected chi connectivity index (χ2v) is 6.73. The lowest BCUT2D eigenvalue weighted by Crippen LogP contribution is -2.23. The maximum atomic E-state index is 12.9. The number of rotatable bonds is 5. The van der Waals surface area contributed by atoms with Gasteiger partial charge in [-0.1, -0.05) is 0 Å². The minimum atomic E-state index is -4.82. The molecular formula is C21H17F3N4O3. The zero-order chi connectivity index (χ0) is 22.2. The molecule has 0 aliphatic rings. The quantitative estimate of drug-likeness (QED) is 0.502. The Morgan fingerprint density at radius 2 is 1.87 bits per heavy atom. The minimum absolute atomic E-state index is 0.168. The van der Waals surface area contributed by atoms with E-state index in [1.807, 2.05) is 18.2 Å². The lowest BCUT2D eigenvalue weighted by atomic mass is 10.1. The third-order valence-corrected chi connectivity index (χ3v) is 4.73. The highest BCUT2D eigenvalue weighted by molar-refractivity contribution is 5.85. The molecule has 2 aromatic heterocycles. The molecule has 0 saturated carbocycles. The molecule has 10 heteroatoms. The van der Waals surface area contributed by atoms with Crippen molar-refractivity contribution in [3.63, 3.8) is 0 Å². The molecule has 0 fully saturated rings. The first-order valence-electron chi connectivity index (χ1n) is 9.18. The van der Waals surface area contributed by atoms with Gasteiger partial charge in [-0.25, -0.2) is 9.36 Å². The van der Waals surface area contributed by atoms with Crippen LogP contribution in [0, 0.1) is 0 Å². The van der Waals surface area contributed by atoms with Gasteiger partial charge in [0, 0.05) is 24.3 Å². The van der Waals surface area contributed by atoms with Gasteiger partial charge in [0.2, 0.25) is 5.88 Å². The molecule has 0 bridgehead atoms. The Balaban J connectivity index is 1.68. The topological polar surface area (TPSA) is 81.3 Å². The van der Waals surface area contributed by atoms with Crippen molar-refractivity contribution < 1.29 is 23.0 Å². The summed E-state index contributed by atoms with van der Waals surface area (Å²) in [5, 5.41) is 14.2. The number of fused-ring (bicyclic) bond motifs is 1. The highest BCUT2D eigenvalue weighted by Gasteiger charge is 2.31. The number of hydrogen-bond donors (Lipinski definition) is 2. The second-order valence-electron chi connectivity index (χ2n) is 6.73. The number of anilines is 1. The molecule has 2 N–H and O–H groups in total. The predicted octanol–water partition coefficient (Wildman–Crippen LogP) is 3.88. The zero-order valence-corrected chi connectivity index (χ0v) is 16.2. The van der Waals surface area contributed by atoms with Crippen LogP contribution in [-0.2, 0) is 6.54 Å². The monoisotopic (exact) mass is 430 g/mol. The Bertz CT molecular complexity index is 1290. The van der Waals surface area contributed by atoms with Crippen molar-refractivity contribution >= 4 is 16.6 Å². The molecule has 0 atom stereocenters. The van der Waals surface area contributed by atoms with E-state index in [-0.39, 0.29) is 18.1 Å². The van der Waals surface area contributed by atoms with E-state index >= 15 is 0 Å². The Kier molecular flexibility index (Phi) is 5.05. The third-order valence-electron chi connectivity index (χ3n) is 4.73. The molecule has 7 nitrogen and oxygen atoms in total. The van der Waals surface area contributed by atoms with Gasteiger partial charge in [0.1, 0.15) is 5.75 Å². The number of pyridine rings is 1. The standard InChI is InChI=1S/C21H17F3N4O3/c1-25-14-2-7-18-17(10-14)13(8-9-26-18)11-27-12-19(29)28(20(27)30)15-3-5-16(6-4-15)31-21(22,23)24/h2-10,12,25,29H,11H2,1H3. The minimum Gasteiger partial charge on any atom is -0.493 e. The normalized spacial score (nSPS) is 11.6. The van der Waals surface area contributed by atoms with E-state index in [1.165, 1.54) is 22.9 Å². The summed E-state index contributed by atoms with van der Waals surface area (Å²) >= 11 is 0. The molecule has 0 aliphatic heterocycles. The molecule has 0 saturated heterocycles. The third kappa shape index (κ3) is 4.18. The number of aromatic hydroxyl groups is 1. The Hall–Kier alpha value is -3.95. The van der Waals surface area contributed by atoms with Crippen LogP contribution in [0.25, 0.3) is 16.6 Å². The summed E-state index contributed by atoms with van der Waals surface area (Å²) in [6, 6.07) is 12.1. The van der Waals surface area contributed by atoms with Crippen LogP contribution in [0.3, 0.4) is 0 Å². The van der Waals surface area contributed by atoms with Gasteiger partial charge in [-0.05, 0) is 54.1 Å². The van der Waals surface area contributed by atoms with Crippen LogP contribution in [0.1, 0.15) is 5.56 Å². The van der Waals surface area contributed by atoms with Gasteiger partial charge < -0.3 is 15.2 Å². The number of benzene rings is 2. The highest BCUT2D eigenvalue weighted by atomic mass is 19.4. The van der Waals surface area contributed by atoms with Crippen molar-refractivity contribution in [2.24, 2.45) is 0 Å². The fourth-order valence-corrected chi connectivity index (χ4v) is 3.31. The SMILES string of the molecule is CNc1ccc2nccc(Cn3cc(O)n(-c4ccc(OC(F)(F)F)cc4)c3=O)c2c1. The smallest absolute Gasteiger partial charge is 0.493 e. The number of nitrogens with one attached hydrogen (secondary N) is 1. The number of aromatic nitrogens is 3. The van der Waals surface area contributed by atoms with E-state index in [0.717, 1.165) is 38.9 Å². The summed E-state index contributed by atoms with van der Waals surface area (Å²) in [5.74, 6) is -0.768. The Labute approximate surface area is 174 Å². The first kappa shape index (κ1) is 20.3. The van der Waals surface area contributed by atoms with E-state index in [4.69, 9.17) is 0 Å². The summed E-state index contributed by atoms with van der Waals surface area (Å²) < 4.78 is 43.1. The molecule has 4 aromatic rings. The van der Waals surface area contributed by atoms with Crippen molar-refractivity contribution in [1.82, 2.24) is 14.1 Å². The summed E-state index contributed by atoms with van der Waals surface area (Å²) in [4.78, 5) is 17.2. The van der Waals surface area contributed by atoms with E-state index in [9.17, 15) is 23.1 Å². The average molecular weight is 430 g/mol. The van der Waals surface area contributed by atoms with Gasteiger partial charge in [0.15, 0.2) is 0 Å². The first-order chi connectivity index (χ1) is 14.7. The van der Waals surface area contributed by atoms with Gasteiger partial charge in [-0.15, -0.1) is 13.2 Å². The van der Waals surface area contributed by atoms with Crippen LogP contribution >= 0.6 is 0 Å². The van der Waals surface area contributed by atoms with Crippen LogP contribution in [0.2, 0.25) is 0 Å². The molecule has 2 heterocycles. The summed E-state index contributed by atoms with van der Waals surface area (Å²) in [5.41, 5.74) is 2.11. The fraction of sp³-hybridized carbons (Fsp3) is 0.143. The van der Waals surface area contributed by atoms with Crippen LogP contribution in [0.15, 0.2) is 65.7 Å². The maximum Gasteiger partial charge on any atom is 0.573 e. The fourth-order valence-electron chi connectivity index (χ4n) is 3.31. The summed E-state index contributed by atoms with van der Waals surface area (Å²) in [7, 11) is 1.80. The molecular weight excluding hydrogens is 413 g/mol. The van der Waals surface area contributed by atoms with Gasteiger partial charge in [0.25, 0.3) is 0 Å². The highest BCUT2D eigenvalue weighted by Crippen LogP contribution is 2.25. The van der Waals surface area contributed by atoms with E-state index < -0.39 is 17.8 Å². The van der Waals surface area contributed by atoms with Crippen LogP contribution in [0.5, 0.6) is 11.6 Å². The van der Waals surface area contributed by atoms with Gasteiger partial charge in [-0.3, -0.25) is 9.55 Å². The Morgan fingerprint density at radius 1 is 1.13 bits per heavy atom. The predicted molar refractivity (Wildman–Crippen MR) is 109 cm³/mol. The zero-order valence-electron chi connectivity index (χ0n) is 16.2. The second kappa shape index (κ2) is 7.71. The average Bonchev–Trinajstić information content (AvgIpc) is 3.00. The number of imidazole rings is 1. The molecule has 0 radical (unpaired) electrons. The van der Waals surface area contributed by atoms with Crippen molar-refractivity contribution in [3.05, 3.63) is 77.0 Å². The summed E-state index contributed by atoms with van der Waals surface area (Å²) in [6.45, 7) is 0.168. The van der Waals surface area contributed by atoms with Crippen molar-refractivity contribution in [2.75, 3.05) is 12.4 Å². The molecule has 0 amide bonds. The summed E-state index contributed by atoms with van der Waals surface area (Å²) in [6.07, 6.45) is -1.90. The number of halogens is 3. The largest absolute Gasteiger partial charge is 0.573 e. The first-order valence-corrected chi connectivity index (χ1v) is 9.18. The number of hydrogen-bond acceptors (Lipinski definition) is 5.